The van der Waals surface area contributed by atoms with Gasteiger partial charge in [0.2, 0.25) is 0 Å². The Morgan fingerprint density at radius 1 is 0.440 bits per heavy atom. The first-order chi connectivity index (χ1) is 54.6. The molecule has 0 radical (unpaired) electrons. The summed E-state index contributed by atoms with van der Waals surface area (Å²) in [4.78, 5) is 91.2. The molecule has 6 fully saturated rings. The van der Waals surface area contributed by atoms with E-state index in [1.165, 1.54) is 70.2 Å². The Morgan fingerprint density at radius 3 is 1.12 bits per heavy atom. The smallest absolute Gasteiger partial charge is 0.306 e. The molecule has 0 heterocycles. The van der Waals surface area contributed by atoms with Gasteiger partial charge in [-0.25, -0.2) is 0 Å². The number of nitrogens with zero attached hydrogens (tertiary/aromatic N) is 4. The average Bonchev–Trinajstić information content (AvgIpc) is 1.12. The number of fused-ring (bicyclic) bond motifs is 14. The lowest BCUT2D eigenvalue weighted by Crippen LogP contribution is -2.64. The Hall–Kier alpha value is -5.08. The predicted molar refractivity (Wildman–Crippen MR) is 471 cm³/mol. The van der Waals surface area contributed by atoms with Crippen LogP contribution in [0.4, 0.5) is 0 Å². The number of hydrogen-bond acceptors (Lipinski definition) is 10. The molecule has 12 aliphatic rings. The van der Waals surface area contributed by atoms with Gasteiger partial charge in [0.15, 0.2) is 11.6 Å². The van der Waals surface area contributed by atoms with E-state index in [9.17, 15) is 39.0 Å². The topological polar surface area (TPSA) is 156 Å². The van der Waals surface area contributed by atoms with E-state index in [4.69, 9.17) is 23.2 Å². The quantitative estimate of drug-likeness (QED) is 0.0921. The second kappa shape index (κ2) is 33.6. The van der Waals surface area contributed by atoms with Crippen LogP contribution in [0.1, 0.15) is 275 Å². The zero-order valence-electron chi connectivity index (χ0n) is 74.6. The minimum Gasteiger partial charge on any atom is -0.481 e. The number of carbonyl (C=O) groups excluding carboxylic acids is 4. The number of carboxylic acids is 2. The number of Topliss-reactive ketones (excluding diaryl/α,β-unsaturated/α-hetero) is 4. The Kier molecular flexibility index (Phi) is 25.7. The molecule has 0 unspecified atom stereocenters. The Labute approximate surface area is 708 Å². The molecule has 0 bridgehead atoms. The lowest BCUT2D eigenvalue weighted by molar-refractivity contribution is -0.199. The van der Waals surface area contributed by atoms with Gasteiger partial charge in [-0.2, -0.15) is 0 Å². The van der Waals surface area contributed by atoms with Gasteiger partial charge in [0.1, 0.15) is 11.6 Å². The van der Waals surface area contributed by atoms with Crippen LogP contribution in [-0.4, -0.2) is 132 Å². The lowest BCUT2D eigenvalue weighted by atomic mass is 9.33. The molecular weight excluding hydrogens is 1480 g/mol. The first kappa shape index (κ1) is 88.7. The van der Waals surface area contributed by atoms with E-state index in [0.717, 1.165) is 176 Å². The minimum absolute atomic E-state index is 0.0151. The van der Waals surface area contributed by atoms with Crippen molar-refractivity contribution in [3.8, 4) is 0 Å². The maximum Gasteiger partial charge on any atom is 0.306 e. The molecule has 636 valence electrons. The van der Waals surface area contributed by atoms with Gasteiger partial charge in [-0.15, -0.1) is 0 Å². The van der Waals surface area contributed by atoms with E-state index in [1.54, 1.807) is 0 Å². The third kappa shape index (κ3) is 15.6. The molecule has 2 N–H and O–H groups in total. The summed E-state index contributed by atoms with van der Waals surface area (Å²) in [6.45, 7) is 41.4. The Morgan fingerprint density at radius 2 is 0.802 bits per heavy atom. The van der Waals surface area contributed by atoms with Gasteiger partial charge in [0.05, 0.1) is 22.7 Å². The van der Waals surface area contributed by atoms with Crippen LogP contribution >= 0.6 is 23.2 Å². The van der Waals surface area contributed by atoms with Gasteiger partial charge in [0, 0.05) is 75.0 Å². The van der Waals surface area contributed by atoms with Crippen LogP contribution in [-0.2, 0) is 41.9 Å². The number of aliphatic carboxylic acids is 2. The highest BCUT2D eigenvalue weighted by Crippen LogP contribution is 2.80. The number of halogens is 2. The highest BCUT2D eigenvalue weighted by molar-refractivity contribution is 6.30. The fraction of sp³-hybridized carbons (Fsp3) is 0.706. The summed E-state index contributed by atoms with van der Waals surface area (Å²) in [5.74, 6) is 2.22. The third-order valence-corrected chi connectivity index (χ3v) is 35.9. The predicted octanol–water partition coefficient (Wildman–Crippen LogP) is 22.8. The molecule has 2 aromatic rings. The van der Waals surface area contributed by atoms with E-state index in [-0.39, 0.29) is 90.4 Å². The number of ketones is 4. The number of rotatable bonds is 26. The highest BCUT2D eigenvalue weighted by Gasteiger charge is 2.73. The van der Waals surface area contributed by atoms with Gasteiger partial charge in [-0.05, 0) is 353 Å². The number of carbonyl (C=O) groups is 6. The maximum absolute atomic E-state index is 15.0. The number of allylic oxidation sites excluding steroid dienone is 12. The molecule has 2 aromatic carbocycles. The molecule has 16 atom stereocenters. The van der Waals surface area contributed by atoms with Crippen LogP contribution in [0.2, 0.25) is 10.0 Å². The zero-order valence-corrected chi connectivity index (χ0v) is 76.1. The van der Waals surface area contributed by atoms with Crippen LogP contribution in [0.15, 0.2) is 117 Å². The van der Waals surface area contributed by atoms with Crippen molar-refractivity contribution in [2.75, 3.05) is 67.5 Å². The summed E-state index contributed by atoms with van der Waals surface area (Å²) in [7, 11) is 8.43. The molecule has 0 spiro atoms. The Balaban J connectivity index is 0.000000202. The summed E-state index contributed by atoms with van der Waals surface area (Å²) in [6.07, 6.45) is 32.4. The normalized spacial score (nSPS) is 35.6. The van der Waals surface area contributed by atoms with Crippen molar-refractivity contribution >= 4 is 58.3 Å². The minimum atomic E-state index is -0.665. The molecule has 12 nitrogen and oxygen atoms in total. The molecule has 0 saturated heterocycles. The molecule has 0 aromatic heterocycles. The van der Waals surface area contributed by atoms with Crippen molar-refractivity contribution in [1.29, 1.82) is 0 Å². The lowest BCUT2D eigenvalue weighted by Gasteiger charge is -2.71. The van der Waals surface area contributed by atoms with Crippen molar-refractivity contribution in [2.24, 2.45) is 113 Å². The van der Waals surface area contributed by atoms with Crippen molar-refractivity contribution in [3.63, 3.8) is 0 Å². The van der Waals surface area contributed by atoms with Gasteiger partial charge < -0.3 is 20.0 Å². The third-order valence-electron chi connectivity index (χ3n) is 35.4. The molecular formula is C102H146Cl2N4O8. The number of hydrogen-bond donors (Lipinski definition) is 2. The van der Waals surface area contributed by atoms with Crippen molar-refractivity contribution in [1.82, 2.24) is 19.6 Å². The Bertz CT molecular complexity index is 4020. The van der Waals surface area contributed by atoms with Crippen molar-refractivity contribution < 1.29 is 39.0 Å². The molecule has 0 amide bonds. The largest absolute Gasteiger partial charge is 0.481 e. The summed E-state index contributed by atoms with van der Waals surface area (Å²) in [6, 6.07) is 16.2. The van der Waals surface area contributed by atoms with Crippen LogP contribution in [0, 0.1) is 113 Å². The average molecular weight is 1630 g/mol. The van der Waals surface area contributed by atoms with Gasteiger partial charge >= 0.3 is 11.9 Å². The van der Waals surface area contributed by atoms with E-state index in [1.807, 2.05) is 24.3 Å². The highest BCUT2D eigenvalue weighted by atomic mass is 35.5. The van der Waals surface area contributed by atoms with E-state index >= 15 is 0 Å². The van der Waals surface area contributed by atoms with Crippen LogP contribution in [0.3, 0.4) is 0 Å². The fourth-order valence-electron chi connectivity index (χ4n) is 29.2. The number of carboxylic acid groups (broad SMARTS) is 2. The monoisotopic (exact) mass is 1630 g/mol. The molecule has 14 rings (SSSR count). The van der Waals surface area contributed by atoms with E-state index < -0.39 is 22.8 Å². The van der Waals surface area contributed by atoms with E-state index in [2.05, 4.69) is 193 Å². The SMILES string of the molecule is CC(C)C1=C2[C@H]3CC[C@@H]4[C@@]5(C)CC=C(C6=CC[C@@H](C(=O)O)CC6)C(C)(C)[C@@H]5CC[C@@]4(C)[C@]3(C)CC[C@@]2(C(=O)CCCN(CCN(C)C)Cc2ccc(Cl)cc2)CC1=O.CC(C)C1=C2[C@H]3CC[C@@H]4[C@@]5(C)CC=C(C6=CC[C@H](C(=O)O)CC6)C(C)(C)[C@@H]5CC[C@@]4(C)[C@]3(C)CC[C@@]2(C(=O)CCCN(CCN(C)C)Cc2ccc(Cl)cc2)CC1=O. The van der Waals surface area contributed by atoms with Crippen LogP contribution in [0.5, 0.6) is 0 Å². The first-order valence-electron chi connectivity index (χ1n) is 45.7. The first-order valence-corrected chi connectivity index (χ1v) is 46.4. The van der Waals surface area contributed by atoms with Gasteiger partial charge in [-0.1, -0.05) is 169 Å². The molecule has 12 aliphatic carbocycles. The molecule has 116 heavy (non-hydrogen) atoms. The van der Waals surface area contributed by atoms with Gasteiger partial charge in [-0.3, -0.25) is 38.6 Å². The fourth-order valence-corrected chi connectivity index (χ4v) is 29.4. The summed E-state index contributed by atoms with van der Waals surface area (Å²) in [5, 5.41) is 20.8. The van der Waals surface area contributed by atoms with Crippen molar-refractivity contribution in [2.45, 2.75) is 277 Å². The van der Waals surface area contributed by atoms with Crippen molar-refractivity contribution in [3.05, 3.63) is 139 Å². The number of likely N-dealkylation sites (N-methyl/N-ethyl adjacent to an activating group) is 2. The standard InChI is InChI=1S/2C51H73ClN2O4/c2*1-33(2)44-40(55)31-51(43(56)11-10-28-54(30-29-53(8)9)32-34-12-18-37(52)19-13-34)27-26-49(6)39(45(44)51)20-21-42-48(5)24-22-38(35-14-16-36(17-15-35)46(57)58)47(3,4)41(48)23-25-50(42,49)7/h2*12-14,18-19,22,33,36,39,41-42H,10-11,15-17,20-21,23-32H2,1-9H3,(H,57,58)/t36-,39+,41-,42+,48-,49+,50+,51-;36-,39-,41+,42-,48+,49-,50-,51+/m01/s1. The second-order valence-electron chi connectivity index (χ2n) is 43.2. The number of benzene rings is 2. The molecule has 14 heteroatoms. The summed E-state index contributed by atoms with van der Waals surface area (Å²) in [5.41, 5.74) is 12.0. The summed E-state index contributed by atoms with van der Waals surface area (Å²) >= 11 is 12.4. The molecule has 0 aliphatic heterocycles. The van der Waals surface area contributed by atoms with Crippen LogP contribution in [0.25, 0.3) is 0 Å². The maximum atomic E-state index is 15.0. The van der Waals surface area contributed by atoms with E-state index in [0.29, 0.717) is 73.8 Å². The summed E-state index contributed by atoms with van der Waals surface area (Å²) < 4.78 is 0. The second-order valence-corrected chi connectivity index (χ2v) is 44.1. The zero-order chi connectivity index (χ0) is 84.0. The van der Waals surface area contributed by atoms with Gasteiger partial charge in [0.25, 0.3) is 0 Å². The molecule has 6 saturated carbocycles. The van der Waals surface area contributed by atoms with Crippen LogP contribution < -0.4 is 0 Å².